The molecular formula is C18H21N5O. The number of amides is 2. The minimum atomic E-state index is -0.208. The van der Waals surface area contributed by atoms with Crippen molar-refractivity contribution in [2.45, 2.75) is 0 Å². The Morgan fingerprint density at radius 3 is 2.12 bits per heavy atom. The number of guanidine groups is 1. The van der Waals surface area contributed by atoms with E-state index in [2.05, 4.69) is 27.3 Å². The Morgan fingerprint density at radius 1 is 0.917 bits per heavy atom. The van der Waals surface area contributed by atoms with Gasteiger partial charge in [-0.2, -0.15) is 0 Å². The van der Waals surface area contributed by atoms with E-state index in [9.17, 15) is 4.79 Å². The van der Waals surface area contributed by atoms with Crippen LogP contribution in [-0.4, -0.2) is 43.1 Å². The number of para-hydroxylation sites is 2. The molecule has 0 atom stereocenters. The number of rotatable bonds is 2. The lowest BCUT2D eigenvalue weighted by molar-refractivity contribution is 0.199. The van der Waals surface area contributed by atoms with E-state index in [0.29, 0.717) is 18.8 Å². The van der Waals surface area contributed by atoms with Gasteiger partial charge in [0.15, 0.2) is 0 Å². The van der Waals surface area contributed by atoms with Crippen LogP contribution in [0.25, 0.3) is 0 Å². The van der Waals surface area contributed by atoms with Gasteiger partial charge in [-0.15, -0.1) is 0 Å². The molecule has 0 saturated carbocycles. The van der Waals surface area contributed by atoms with Crippen LogP contribution in [-0.2, 0) is 0 Å². The van der Waals surface area contributed by atoms with Gasteiger partial charge in [0.05, 0.1) is 5.69 Å². The zero-order valence-electron chi connectivity index (χ0n) is 13.4. The summed E-state index contributed by atoms with van der Waals surface area (Å²) in [5, 5.41) is 2.65. The van der Waals surface area contributed by atoms with E-state index >= 15 is 0 Å². The zero-order chi connectivity index (χ0) is 16.8. The molecular weight excluding hydrogens is 302 g/mol. The number of urea groups is 1. The molecule has 3 rings (SSSR count). The fourth-order valence-electron chi connectivity index (χ4n) is 2.66. The van der Waals surface area contributed by atoms with E-state index in [1.807, 2.05) is 48.5 Å². The van der Waals surface area contributed by atoms with Crippen LogP contribution in [0.1, 0.15) is 0 Å². The number of aliphatic imine (C=N–C) groups is 1. The number of carbonyl (C=O) groups excluding carboxylic acids is 1. The van der Waals surface area contributed by atoms with Crippen LogP contribution in [0.5, 0.6) is 0 Å². The molecule has 1 aliphatic rings. The third-order valence-electron chi connectivity index (χ3n) is 3.93. The van der Waals surface area contributed by atoms with Crippen LogP contribution < -0.4 is 16.0 Å². The van der Waals surface area contributed by atoms with Gasteiger partial charge >= 0.3 is 6.03 Å². The number of carbonyl (C=O) groups is 1. The van der Waals surface area contributed by atoms with E-state index in [1.165, 1.54) is 5.69 Å². The average Bonchev–Trinajstić information content (AvgIpc) is 2.63. The van der Waals surface area contributed by atoms with Gasteiger partial charge in [0.2, 0.25) is 5.96 Å². The topological polar surface area (TPSA) is 74.0 Å². The van der Waals surface area contributed by atoms with Gasteiger partial charge in [-0.1, -0.05) is 36.4 Å². The summed E-state index contributed by atoms with van der Waals surface area (Å²) in [6, 6.07) is 19.3. The van der Waals surface area contributed by atoms with Gasteiger partial charge in [0, 0.05) is 31.9 Å². The van der Waals surface area contributed by atoms with Crippen molar-refractivity contribution < 1.29 is 4.79 Å². The standard InChI is InChI=1S/C18H21N5O/c19-17(20-15-7-3-1-4-8-15)21-18(24)23-13-11-22(12-14-23)16-9-5-2-6-10-16/h1-10H,11-14H2,(H3,19,20,21,24). The highest BCUT2D eigenvalue weighted by molar-refractivity contribution is 5.96. The normalized spacial score (nSPS) is 15.2. The molecule has 2 amide bonds. The summed E-state index contributed by atoms with van der Waals surface area (Å²) >= 11 is 0. The fourth-order valence-corrected chi connectivity index (χ4v) is 2.66. The van der Waals surface area contributed by atoms with Crippen molar-refractivity contribution in [3.63, 3.8) is 0 Å². The Balaban J connectivity index is 1.53. The van der Waals surface area contributed by atoms with Crippen molar-refractivity contribution in [1.82, 2.24) is 10.2 Å². The summed E-state index contributed by atoms with van der Waals surface area (Å²) in [6.45, 7) is 2.90. The highest BCUT2D eigenvalue weighted by atomic mass is 16.2. The zero-order valence-corrected chi connectivity index (χ0v) is 13.4. The number of hydrogen-bond donors (Lipinski definition) is 2. The molecule has 1 aliphatic heterocycles. The first-order valence-electron chi connectivity index (χ1n) is 7.97. The maximum atomic E-state index is 12.3. The van der Waals surface area contributed by atoms with Crippen LogP contribution in [0, 0.1) is 0 Å². The molecule has 0 spiro atoms. The van der Waals surface area contributed by atoms with Crippen LogP contribution in [0.15, 0.2) is 65.7 Å². The molecule has 0 radical (unpaired) electrons. The molecule has 6 heteroatoms. The summed E-state index contributed by atoms with van der Waals surface area (Å²) in [7, 11) is 0. The number of hydrogen-bond acceptors (Lipinski definition) is 3. The monoisotopic (exact) mass is 323 g/mol. The molecule has 2 aromatic rings. The number of benzene rings is 2. The second kappa shape index (κ2) is 7.50. The number of anilines is 1. The smallest absolute Gasteiger partial charge is 0.324 e. The van der Waals surface area contributed by atoms with E-state index in [4.69, 9.17) is 5.73 Å². The van der Waals surface area contributed by atoms with Crippen LogP contribution >= 0.6 is 0 Å². The Labute approximate surface area is 141 Å². The highest BCUT2D eigenvalue weighted by Crippen LogP contribution is 2.15. The number of nitrogens with two attached hydrogens (primary N) is 1. The van der Waals surface area contributed by atoms with Gasteiger partial charge in [0.25, 0.3) is 0 Å². The van der Waals surface area contributed by atoms with Crippen molar-refractivity contribution in [2.24, 2.45) is 10.7 Å². The van der Waals surface area contributed by atoms with Crippen molar-refractivity contribution >= 4 is 23.4 Å². The molecule has 0 bridgehead atoms. The Kier molecular flexibility index (Phi) is 4.96. The van der Waals surface area contributed by atoms with Crippen molar-refractivity contribution in [1.29, 1.82) is 0 Å². The van der Waals surface area contributed by atoms with Gasteiger partial charge in [-0.25, -0.2) is 9.79 Å². The van der Waals surface area contributed by atoms with Gasteiger partial charge in [-0.05, 0) is 24.3 Å². The molecule has 0 unspecified atom stereocenters. The summed E-state index contributed by atoms with van der Waals surface area (Å²) in [4.78, 5) is 20.5. The molecule has 0 aliphatic carbocycles. The third kappa shape index (κ3) is 4.04. The van der Waals surface area contributed by atoms with Crippen LogP contribution in [0.3, 0.4) is 0 Å². The fraction of sp³-hybridized carbons (Fsp3) is 0.222. The molecule has 124 valence electrons. The Morgan fingerprint density at radius 2 is 1.50 bits per heavy atom. The molecule has 24 heavy (non-hydrogen) atoms. The number of piperazine rings is 1. The first-order valence-corrected chi connectivity index (χ1v) is 7.97. The lowest BCUT2D eigenvalue weighted by Crippen LogP contribution is -2.53. The number of nitrogens with one attached hydrogen (secondary N) is 1. The largest absolute Gasteiger partial charge is 0.369 e. The minimum Gasteiger partial charge on any atom is -0.369 e. The molecule has 3 N–H and O–H groups in total. The van der Waals surface area contributed by atoms with Crippen molar-refractivity contribution in [3.8, 4) is 0 Å². The lowest BCUT2D eigenvalue weighted by atomic mass is 10.2. The molecule has 6 nitrogen and oxygen atoms in total. The maximum Gasteiger partial charge on any atom is 0.324 e. The second-order valence-electron chi connectivity index (χ2n) is 5.57. The molecule has 0 aromatic heterocycles. The van der Waals surface area contributed by atoms with E-state index < -0.39 is 0 Å². The summed E-state index contributed by atoms with van der Waals surface area (Å²) < 4.78 is 0. The summed E-state index contributed by atoms with van der Waals surface area (Å²) in [6.07, 6.45) is 0. The SMILES string of the molecule is NC(=Nc1ccccc1)NC(=O)N1CCN(c2ccccc2)CC1. The lowest BCUT2D eigenvalue weighted by Gasteiger charge is -2.35. The first kappa shape index (κ1) is 15.9. The molecule has 1 saturated heterocycles. The van der Waals surface area contributed by atoms with E-state index in [-0.39, 0.29) is 12.0 Å². The Hall–Kier alpha value is -3.02. The average molecular weight is 323 g/mol. The summed E-state index contributed by atoms with van der Waals surface area (Å²) in [5.74, 6) is 0.108. The first-order chi connectivity index (χ1) is 11.7. The predicted octanol–water partition coefficient (Wildman–Crippen LogP) is 2.16. The molecule has 2 aromatic carbocycles. The quantitative estimate of drug-likeness (QED) is 0.657. The van der Waals surface area contributed by atoms with Crippen molar-refractivity contribution in [3.05, 3.63) is 60.7 Å². The highest BCUT2D eigenvalue weighted by Gasteiger charge is 2.21. The predicted molar refractivity (Wildman–Crippen MR) is 96.5 cm³/mol. The van der Waals surface area contributed by atoms with E-state index in [0.717, 1.165) is 13.1 Å². The van der Waals surface area contributed by atoms with E-state index in [1.54, 1.807) is 4.90 Å². The minimum absolute atomic E-state index is 0.108. The van der Waals surface area contributed by atoms with Gasteiger partial charge in [0.1, 0.15) is 0 Å². The Bertz CT molecular complexity index is 694. The maximum absolute atomic E-state index is 12.3. The summed E-state index contributed by atoms with van der Waals surface area (Å²) in [5.41, 5.74) is 7.71. The van der Waals surface area contributed by atoms with Crippen LogP contribution in [0.4, 0.5) is 16.2 Å². The number of nitrogens with zero attached hydrogens (tertiary/aromatic N) is 3. The van der Waals surface area contributed by atoms with Crippen LogP contribution in [0.2, 0.25) is 0 Å². The molecule has 1 heterocycles. The molecule has 1 fully saturated rings. The van der Waals surface area contributed by atoms with Gasteiger partial charge in [-0.3, -0.25) is 5.32 Å². The van der Waals surface area contributed by atoms with Gasteiger partial charge < -0.3 is 15.5 Å². The second-order valence-corrected chi connectivity index (χ2v) is 5.57. The van der Waals surface area contributed by atoms with Crippen molar-refractivity contribution in [2.75, 3.05) is 31.1 Å². The third-order valence-corrected chi connectivity index (χ3v) is 3.93.